The molecule has 1 aliphatic heterocycles. The number of aryl methyl sites for hydroxylation is 3. The molecule has 0 saturated carbocycles. The zero-order valence-electron chi connectivity index (χ0n) is 20.9. The van der Waals surface area contributed by atoms with E-state index < -0.39 is 23.7 Å². The molecule has 0 radical (unpaired) electrons. The molecule has 9 heteroatoms. The second kappa shape index (κ2) is 10.4. The molecule has 1 unspecified atom stereocenters. The SMILES string of the molecule is C=CCOc1ccc(/C(O)=C2\C(=O)C(=O)N(c3nc(C)c(C(=O)OC)s3)C2c2ccc(C)cc2)c(C)c1. The molecule has 1 amide bonds. The van der Waals surface area contributed by atoms with Gasteiger partial charge in [0.25, 0.3) is 5.78 Å². The van der Waals surface area contributed by atoms with Crippen molar-refractivity contribution in [3.05, 3.63) is 93.5 Å². The summed E-state index contributed by atoms with van der Waals surface area (Å²) in [6, 6.07) is 11.4. The zero-order valence-corrected chi connectivity index (χ0v) is 21.7. The van der Waals surface area contributed by atoms with Crippen LogP contribution in [0.5, 0.6) is 5.75 Å². The summed E-state index contributed by atoms with van der Waals surface area (Å²) >= 11 is 0.957. The van der Waals surface area contributed by atoms with E-state index in [0.717, 1.165) is 16.9 Å². The average Bonchev–Trinajstić information content (AvgIpc) is 3.39. The quantitative estimate of drug-likeness (QED) is 0.153. The fourth-order valence-electron chi connectivity index (χ4n) is 4.15. The van der Waals surface area contributed by atoms with Gasteiger partial charge in [-0.2, -0.15) is 0 Å². The van der Waals surface area contributed by atoms with Crippen molar-refractivity contribution < 1.29 is 29.0 Å². The van der Waals surface area contributed by atoms with Crippen molar-refractivity contribution in [3.63, 3.8) is 0 Å². The highest BCUT2D eigenvalue weighted by molar-refractivity contribution is 7.17. The number of thiazole rings is 1. The second-order valence-corrected chi connectivity index (χ2v) is 9.54. The average molecular weight is 519 g/mol. The van der Waals surface area contributed by atoms with E-state index in [1.165, 1.54) is 12.0 Å². The zero-order chi connectivity index (χ0) is 26.9. The van der Waals surface area contributed by atoms with Gasteiger partial charge in [-0.25, -0.2) is 9.78 Å². The summed E-state index contributed by atoms with van der Waals surface area (Å²) in [5.74, 6) is -2.00. The van der Waals surface area contributed by atoms with Gasteiger partial charge < -0.3 is 14.6 Å². The third-order valence-corrected chi connectivity index (χ3v) is 7.16. The van der Waals surface area contributed by atoms with E-state index >= 15 is 0 Å². The number of anilines is 1. The third-order valence-electron chi connectivity index (χ3n) is 6.02. The number of aromatic nitrogens is 1. The van der Waals surface area contributed by atoms with Crippen LogP contribution in [0, 0.1) is 20.8 Å². The lowest BCUT2D eigenvalue weighted by molar-refractivity contribution is -0.132. The van der Waals surface area contributed by atoms with E-state index in [1.54, 1.807) is 50.3 Å². The Morgan fingerprint density at radius 2 is 1.86 bits per heavy atom. The van der Waals surface area contributed by atoms with E-state index in [-0.39, 0.29) is 21.3 Å². The van der Waals surface area contributed by atoms with Gasteiger partial charge in [0.05, 0.1) is 24.4 Å². The third kappa shape index (κ3) is 4.77. The summed E-state index contributed by atoms with van der Waals surface area (Å²) in [6.07, 6.45) is 1.62. The Balaban J connectivity index is 1.89. The number of ether oxygens (including phenoxy) is 2. The molecule has 190 valence electrons. The minimum atomic E-state index is -0.951. The number of carbonyl (C=O) groups is 3. The van der Waals surface area contributed by atoms with Crippen LogP contribution in [-0.2, 0) is 14.3 Å². The first-order chi connectivity index (χ1) is 17.7. The molecule has 2 heterocycles. The lowest BCUT2D eigenvalue weighted by atomic mass is 9.93. The number of hydrogen-bond acceptors (Lipinski definition) is 8. The number of nitrogens with zero attached hydrogens (tertiary/aromatic N) is 2. The molecule has 1 aliphatic rings. The molecule has 8 nitrogen and oxygen atoms in total. The summed E-state index contributed by atoms with van der Waals surface area (Å²) in [5, 5.41) is 11.6. The van der Waals surface area contributed by atoms with Gasteiger partial charge in [-0.15, -0.1) is 0 Å². The minimum Gasteiger partial charge on any atom is -0.507 e. The Morgan fingerprint density at radius 1 is 1.16 bits per heavy atom. The van der Waals surface area contributed by atoms with Crippen LogP contribution in [0.2, 0.25) is 0 Å². The van der Waals surface area contributed by atoms with Crippen molar-refractivity contribution >= 4 is 39.9 Å². The van der Waals surface area contributed by atoms with E-state index in [9.17, 15) is 19.5 Å². The molecule has 0 bridgehead atoms. The van der Waals surface area contributed by atoms with Gasteiger partial charge in [-0.05, 0) is 50.1 Å². The molecule has 37 heavy (non-hydrogen) atoms. The van der Waals surface area contributed by atoms with Crippen LogP contribution in [0.15, 0.2) is 60.7 Å². The number of methoxy groups -OCH3 is 1. The van der Waals surface area contributed by atoms with Gasteiger partial charge >= 0.3 is 11.9 Å². The number of aliphatic hydroxyl groups excluding tert-OH is 1. The van der Waals surface area contributed by atoms with Crippen molar-refractivity contribution in [2.24, 2.45) is 0 Å². The molecule has 4 rings (SSSR count). The molecule has 1 aromatic heterocycles. The van der Waals surface area contributed by atoms with Crippen LogP contribution >= 0.6 is 11.3 Å². The number of aliphatic hydroxyl groups is 1. The number of benzene rings is 2. The number of amides is 1. The Kier molecular flexibility index (Phi) is 7.26. The maximum absolute atomic E-state index is 13.4. The van der Waals surface area contributed by atoms with Crippen LogP contribution in [0.1, 0.15) is 43.7 Å². The Labute approximate surface area is 218 Å². The molecular weight excluding hydrogens is 492 g/mol. The maximum Gasteiger partial charge on any atom is 0.350 e. The predicted octanol–water partition coefficient (Wildman–Crippen LogP) is 5.05. The Bertz CT molecular complexity index is 1440. The van der Waals surface area contributed by atoms with Crippen LogP contribution in [0.3, 0.4) is 0 Å². The number of esters is 1. The molecule has 2 aromatic carbocycles. The van der Waals surface area contributed by atoms with Crippen molar-refractivity contribution in [1.82, 2.24) is 4.98 Å². The van der Waals surface area contributed by atoms with Crippen molar-refractivity contribution in [2.75, 3.05) is 18.6 Å². The first-order valence-electron chi connectivity index (χ1n) is 11.5. The number of ketones is 1. The topological polar surface area (TPSA) is 106 Å². The molecule has 1 atom stereocenters. The van der Waals surface area contributed by atoms with Crippen molar-refractivity contribution in [1.29, 1.82) is 0 Å². The van der Waals surface area contributed by atoms with E-state index in [4.69, 9.17) is 9.47 Å². The molecule has 1 N–H and O–H groups in total. The smallest absolute Gasteiger partial charge is 0.350 e. The predicted molar refractivity (Wildman–Crippen MR) is 141 cm³/mol. The summed E-state index contributed by atoms with van der Waals surface area (Å²) in [6.45, 7) is 9.28. The molecule has 1 fully saturated rings. The minimum absolute atomic E-state index is 0.0656. The summed E-state index contributed by atoms with van der Waals surface area (Å²) in [4.78, 5) is 44.8. The van der Waals surface area contributed by atoms with Crippen LogP contribution in [0.25, 0.3) is 5.76 Å². The molecule has 0 spiro atoms. The van der Waals surface area contributed by atoms with Gasteiger partial charge in [0, 0.05) is 5.56 Å². The van der Waals surface area contributed by atoms with E-state index in [2.05, 4.69) is 11.6 Å². The van der Waals surface area contributed by atoms with Gasteiger partial charge in [-0.3, -0.25) is 14.5 Å². The first-order valence-corrected chi connectivity index (χ1v) is 12.3. The van der Waals surface area contributed by atoms with Gasteiger partial charge in [0.2, 0.25) is 0 Å². The van der Waals surface area contributed by atoms with E-state index in [1.807, 2.05) is 19.1 Å². The van der Waals surface area contributed by atoms with Gasteiger partial charge in [0.1, 0.15) is 23.0 Å². The fourth-order valence-corrected chi connectivity index (χ4v) is 5.16. The molecule has 0 aliphatic carbocycles. The van der Waals surface area contributed by atoms with Crippen molar-refractivity contribution in [3.8, 4) is 5.75 Å². The van der Waals surface area contributed by atoms with Crippen LogP contribution < -0.4 is 9.64 Å². The van der Waals surface area contributed by atoms with Crippen LogP contribution in [-0.4, -0.2) is 41.5 Å². The maximum atomic E-state index is 13.4. The highest BCUT2D eigenvalue weighted by Gasteiger charge is 2.48. The Morgan fingerprint density at radius 3 is 2.49 bits per heavy atom. The van der Waals surface area contributed by atoms with Gasteiger partial charge in [-0.1, -0.05) is 53.8 Å². The summed E-state index contributed by atoms with van der Waals surface area (Å²) < 4.78 is 10.4. The van der Waals surface area contributed by atoms with Crippen LogP contribution in [0.4, 0.5) is 5.13 Å². The lowest BCUT2D eigenvalue weighted by Gasteiger charge is -2.23. The number of rotatable bonds is 7. The number of hydrogen-bond donors (Lipinski definition) is 1. The van der Waals surface area contributed by atoms with Gasteiger partial charge in [0.15, 0.2) is 5.13 Å². The summed E-state index contributed by atoms with van der Waals surface area (Å²) in [7, 11) is 1.26. The molecule has 1 saturated heterocycles. The molecular formula is C28H26N2O6S. The number of carbonyl (C=O) groups excluding carboxylic acids is 3. The number of Topliss-reactive ketones (excluding diaryl/α,β-unsaturated/α-hetero) is 1. The summed E-state index contributed by atoms with van der Waals surface area (Å²) in [5.41, 5.74) is 2.97. The normalized spacial score (nSPS) is 16.6. The highest BCUT2D eigenvalue weighted by atomic mass is 32.1. The fraction of sp³-hybridized carbons (Fsp3) is 0.214. The van der Waals surface area contributed by atoms with Crippen molar-refractivity contribution in [2.45, 2.75) is 26.8 Å². The first kappa shape index (κ1) is 25.8. The lowest BCUT2D eigenvalue weighted by Crippen LogP contribution is -2.29. The molecule has 3 aromatic rings. The highest BCUT2D eigenvalue weighted by Crippen LogP contribution is 2.44. The largest absolute Gasteiger partial charge is 0.507 e. The standard InChI is InChI=1S/C28H26N2O6S/c1-6-13-36-19-11-12-20(16(3)14-19)23(31)21-22(18-9-7-15(2)8-10-18)30(26(33)24(21)32)28-29-17(4)25(37-28)27(34)35-5/h6-12,14,22,31H,1,13H2,2-5H3/b23-21+. The van der Waals surface area contributed by atoms with E-state index in [0.29, 0.717) is 34.7 Å². The second-order valence-electron chi connectivity index (χ2n) is 8.56. The Hall–Kier alpha value is -4.24. The monoisotopic (exact) mass is 518 g/mol.